The van der Waals surface area contributed by atoms with Crippen LogP contribution in [0.4, 0.5) is 0 Å². The largest absolute Gasteiger partial charge is 0.478 e. The van der Waals surface area contributed by atoms with Gasteiger partial charge in [0.25, 0.3) is 0 Å². The number of rotatable bonds is 3. The molecule has 0 saturated carbocycles. The van der Waals surface area contributed by atoms with Crippen LogP contribution in [0.15, 0.2) is 41.3 Å². The molecule has 5 heteroatoms. The van der Waals surface area contributed by atoms with Gasteiger partial charge in [-0.05, 0) is 24.3 Å². The summed E-state index contributed by atoms with van der Waals surface area (Å²) >= 11 is 4.06. The van der Waals surface area contributed by atoms with E-state index in [1.165, 1.54) is 0 Å². The zero-order valence-electron chi connectivity index (χ0n) is 7.58. The summed E-state index contributed by atoms with van der Waals surface area (Å²) in [5.74, 6) is -1.59. The molecule has 0 aliphatic carbocycles. The molecule has 78 valence electrons. The molecule has 0 aromatic heterocycles. The second-order valence-corrected chi connectivity index (χ2v) is 3.10. The van der Waals surface area contributed by atoms with Gasteiger partial charge in [-0.25, -0.2) is 9.59 Å². The monoisotopic (exact) mass is 224 g/mol. The lowest BCUT2D eigenvalue weighted by Crippen LogP contribution is -2.04. The summed E-state index contributed by atoms with van der Waals surface area (Å²) in [7, 11) is 0. The molecule has 0 aliphatic heterocycles. The molecule has 0 fully saturated rings. The van der Waals surface area contributed by atoms with Crippen molar-refractivity contribution in [2.24, 2.45) is 0 Å². The van der Waals surface area contributed by atoms with E-state index in [1.54, 1.807) is 24.3 Å². The highest BCUT2D eigenvalue weighted by molar-refractivity contribution is 7.80. The number of esters is 1. The van der Waals surface area contributed by atoms with Gasteiger partial charge in [-0.2, -0.15) is 0 Å². The fourth-order valence-corrected chi connectivity index (χ4v) is 0.953. The highest BCUT2D eigenvalue weighted by Gasteiger charge is 2.00. The standard InChI is InChI=1S/C10H8O4S/c11-9(12)5-6-10(13)14-7-1-3-8(15)4-2-7/h1-6,15H,(H,11,12)/b6-5-. The van der Waals surface area contributed by atoms with E-state index >= 15 is 0 Å². The van der Waals surface area contributed by atoms with Crippen molar-refractivity contribution in [3.8, 4) is 5.75 Å². The van der Waals surface area contributed by atoms with Crippen LogP contribution in [-0.4, -0.2) is 17.0 Å². The minimum atomic E-state index is -1.20. The lowest BCUT2D eigenvalue weighted by atomic mass is 10.3. The number of hydrogen-bond acceptors (Lipinski definition) is 4. The Bertz CT molecular complexity index is 394. The molecule has 0 amide bonds. The molecule has 0 atom stereocenters. The minimum absolute atomic E-state index is 0.341. The predicted octanol–water partition coefficient (Wildman–Crippen LogP) is 1.52. The third-order valence-corrected chi connectivity index (χ3v) is 1.72. The second-order valence-electron chi connectivity index (χ2n) is 2.59. The van der Waals surface area contributed by atoms with Crippen molar-refractivity contribution in [1.29, 1.82) is 0 Å². The summed E-state index contributed by atoms with van der Waals surface area (Å²) in [6, 6.07) is 6.45. The van der Waals surface area contributed by atoms with E-state index in [1.807, 2.05) is 0 Å². The topological polar surface area (TPSA) is 63.6 Å². The van der Waals surface area contributed by atoms with Crippen LogP contribution in [0.1, 0.15) is 0 Å². The van der Waals surface area contributed by atoms with Crippen molar-refractivity contribution in [1.82, 2.24) is 0 Å². The molecule has 0 radical (unpaired) electrons. The van der Waals surface area contributed by atoms with Crippen LogP contribution in [0, 0.1) is 0 Å². The summed E-state index contributed by atoms with van der Waals surface area (Å²) in [5, 5.41) is 8.26. The van der Waals surface area contributed by atoms with E-state index in [2.05, 4.69) is 12.6 Å². The fraction of sp³-hybridized carbons (Fsp3) is 0. The molecule has 0 unspecified atom stereocenters. The molecule has 4 nitrogen and oxygen atoms in total. The van der Waals surface area contributed by atoms with Crippen molar-refractivity contribution in [3.63, 3.8) is 0 Å². The third kappa shape index (κ3) is 4.33. The minimum Gasteiger partial charge on any atom is -0.478 e. The molecular weight excluding hydrogens is 216 g/mol. The molecule has 1 N–H and O–H groups in total. The van der Waals surface area contributed by atoms with Crippen LogP contribution in [0.5, 0.6) is 5.75 Å². The predicted molar refractivity (Wildman–Crippen MR) is 56.1 cm³/mol. The number of carboxylic acids is 1. The van der Waals surface area contributed by atoms with Crippen molar-refractivity contribution < 1.29 is 19.4 Å². The van der Waals surface area contributed by atoms with Gasteiger partial charge in [0.15, 0.2) is 0 Å². The number of benzene rings is 1. The molecule has 0 spiro atoms. The first-order valence-electron chi connectivity index (χ1n) is 4.00. The lowest BCUT2D eigenvalue weighted by Gasteiger charge is -2.00. The first kappa shape index (κ1) is 11.3. The van der Waals surface area contributed by atoms with Gasteiger partial charge in [0.2, 0.25) is 0 Å². The molecule has 0 bridgehead atoms. The highest BCUT2D eigenvalue weighted by Crippen LogP contribution is 2.14. The van der Waals surface area contributed by atoms with Gasteiger partial charge in [0.1, 0.15) is 5.75 Å². The Labute approximate surface area is 91.6 Å². The normalized spacial score (nSPS) is 10.2. The van der Waals surface area contributed by atoms with Gasteiger partial charge in [-0.1, -0.05) is 0 Å². The Morgan fingerprint density at radius 1 is 1.20 bits per heavy atom. The maximum Gasteiger partial charge on any atom is 0.336 e. The quantitative estimate of drug-likeness (QED) is 0.353. The molecule has 15 heavy (non-hydrogen) atoms. The zero-order valence-corrected chi connectivity index (χ0v) is 8.48. The molecular formula is C10H8O4S. The van der Waals surface area contributed by atoms with Crippen LogP contribution in [0.25, 0.3) is 0 Å². The molecule has 0 saturated heterocycles. The van der Waals surface area contributed by atoms with Gasteiger partial charge in [-0.3, -0.25) is 0 Å². The van der Waals surface area contributed by atoms with Gasteiger partial charge < -0.3 is 9.84 Å². The summed E-state index contributed by atoms with van der Waals surface area (Å²) in [5.41, 5.74) is 0. The van der Waals surface area contributed by atoms with E-state index in [0.717, 1.165) is 17.0 Å². The fourth-order valence-electron chi connectivity index (χ4n) is 0.804. The first-order valence-corrected chi connectivity index (χ1v) is 4.44. The number of aliphatic carboxylic acids is 1. The summed E-state index contributed by atoms with van der Waals surface area (Å²) in [6.07, 6.45) is 1.56. The van der Waals surface area contributed by atoms with Crippen molar-refractivity contribution in [2.45, 2.75) is 4.90 Å². The summed E-state index contributed by atoms with van der Waals surface area (Å²) < 4.78 is 4.80. The summed E-state index contributed by atoms with van der Waals surface area (Å²) in [6.45, 7) is 0. The van der Waals surface area contributed by atoms with Gasteiger partial charge >= 0.3 is 11.9 Å². The van der Waals surface area contributed by atoms with E-state index in [4.69, 9.17) is 9.84 Å². The van der Waals surface area contributed by atoms with Gasteiger partial charge in [0.05, 0.1) is 0 Å². The van der Waals surface area contributed by atoms with Crippen LogP contribution < -0.4 is 4.74 Å². The number of hydrogen-bond donors (Lipinski definition) is 2. The maximum absolute atomic E-state index is 11.0. The second kappa shape index (κ2) is 5.21. The Balaban J connectivity index is 2.59. The Morgan fingerprint density at radius 3 is 2.33 bits per heavy atom. The maximum atomic E-state index is 11.0. The number of ether oxygens (including phenoxy) is 1. The average Bonchev–Trinajstić information content (AvgIpc) is 2.19. The smallest absolute Gasteiger partial charge is 0.336 e. The number of carboxylic acid groups (broad SMARTS) is 1. The molecule has 0 heterocycles. The van der Waals surface area contributed by atoms with E-state index in [-0.39, 0.29) is 0 Å². The van der Waals surface area contributed by atoms with Crippen molar-refractivity contribution in [3.05, 3.63) is 36.4 Å². The van der Waals surface area contributed by atoms with Crippen LogP contribution in [-0.2, 0) is 9.59 Å². The Morgan fingerprint density at radius 2 is 1.80 bits per heavy atom. The number of carbonyl (C=O) groups is 2. The van der Waals surface area contributed by atoms with Crippen molar-refractivity contribution >= 4 is 24.6 Å². The van der Waals surface area contributed by atoms with Crippen LogP contribution in [0.2, 0.25) is 0 Å². The van der Waals surface area contributed by atoms with Crippen LogP contribution in [0.3, 0.4) is 0 Å². The van der Waals surface area contributed by atoms with E-state index in [9.17, 15) is 9.59 Å². The highest BCUT2D eigenvalue weighted by atomic mass is 32.1. The number of carbonyl (C=O) groups excluding carboxylic acids is 1. The average molecular weight is 224 g/mol. The molecule has 1 rings (SSSR count). The van der Waals surface area contributed by atoms with E-state index in [0.29, 0.717) is 5.75 Å². The van der Waals surface area contributed by atoms with Gasteiger partial charge in [-0.15, -0.1) is 12.6 Å². The van der Waals surface area contributed by atoms with E-state index < -0.39 is 11.9 Å². The van der Waals surface area contributed by atoms with Crippen LogP contribution >= 0.6 is 12.6 Å². The molecule has 1 aromatic carbocycles. The third-order valence-electron chi connectivity index (χ3n) is 1.42. The zero-order chi connectivity index (χ0) is 11.3. The lowest BCUT2D eigenvalue weighted by molar-refractivity contribution is -0.133. The Hall–Kier alpha value is -1.75. The molecule has 1 aromatic rings. The van der Waals surface area contributed by atoms with Crippen molar-refractivity contribution in [2.75, 3.05) is 0 Å². The molecule has 0 aliphatic rings. The first-order chi connectivity index (χ1) is 7.08. The van der Waals surface area contributed by atoms with Gasteiger partial charge in [0, 0.05) is 17.0 Å². The SMILES string of the molecule is O=C(O)/C=C\C(=O)Oc1ccc(S)cc1. The number of thiol groups is 1. The Kier molecular flexibility index (Phi) is 3.93. The summed E-state index contributed by atoms with van der Waals surface area (Å²) in [4.78, 5) is 21.9.